The van der Waals surface area contributed by atoms with Gasteiger partial charge in [0.05, 0.1) is 6.20 Å². The maximum absolute atomic E-state index is 13.0. The van der Waals surface area contributed by atoms with Crippen molar-refractivity contribution < 1.29 is 4.39 Å². The zero-order valence-corrected chi connectivity index (χ0v) is 10.6. The van der Waals surface area contributed by atoms with Gasteiger partial charge in [-0.3, -0.25) is 9.88 Å². The Morgan fingerprint density at radius 2 is 2.29 bits per heavy atom. The molecule has 5 heteroatoms. The van der Waals surface area contributed by atoms with Gasteiger partial charge in [-0.1, -0.05) is 0 Å². The molecule has 1 saturated heterocycles. The Hall–Kier alpha value is -0.710. The summed E-state index contributed by atoms with van der Waals surface area (Å²) in [6.45, 7) is 3.62. The highest BCUT2D eigenvalue weighted by molar-refractivity contribution is 5.85. The summed E-state index contributed by atoms with van der Waals surface area (Å²) in [7, 11) is 0. The van der Waals surface area contributed by atoms with E-state index in [-0.39, 0.29) is 18.2 Å². The Kier molecular flexibility index (Phi) is 5.82. The Morgan fingerprint density at radius 3 is 3.00 bits per heavy atom. The van der Waals surface area contributed by atoms with Crippen LogP contribution in [0.4, 0.5) is 4.39 Å². The highest BCUT2D eigenvalue weighted by atomic mass is 35.5. The number of halogens is 2. The minimum Gasteiger partial charge on any atom is -0.330 e. The second kappa shape index (κ2) is 6.89. The van der Waals surface area contributed by atoms with Gasteiger partial charge in [0.15, 0.2) is 0 Å². The first-order valence-electron chi connectivity index (χ1n) is 5.80. The number of piperidine rings is 1. The summed E-state index contributed by atoms with van der Waals surface area (Å²) in [6, 6.07) is 1.55. The van der Waals surface area contributed by atoms with Crippen molar-refractivity contribution in [1.82, 2.24) is 9.88 Å². The van der Waals surface area contributed by atoms with Crippen LogP contribution < -0.4 is 5.73 Å². The van der Waals surface area contributed by atoms with Crippen LogP contribution in [0, 0.1) is 11.7 Å². The van der Waals surface area contributed by atoms with Gasteiger partial charge in [-0.15, -0.1) is 12.4 Å². The van der Waals surface area contributed by atoms with Crippen LogP contribution >= 0.6 is 12.4 Å². The number of nitrogens with zero attached hydrogens (tertiary/aromatic N) is 2. The summed E-state index contributed by atoms with van der Waals surface area (Å²) in [5.74, 6) is 0.333. The highest BCUT2D eigenvalue weighted by Crippen LogP contribution is 2.17. The second-order valence-corrected chi connectivity index (χ2v) is 4.49. The number of likely N-dealkylation sites (tertiary alicyclic amines) is 1. The van der Waals surface area contributed by atoms with Gasteiger partial charge in [0.25, 0.3) is 0 Å². The van der Waals surface area contributed by atoms with Crippen LogP contribution in [0.1, 0.15) is 18.4 Å². The maximum Gasteiger partial charge on any atom is 0.141 e. The summed E-state index contributed by atoms with van der Waals surface area (Å²) >= 11 is 0. The summed E-state index contributed by atoms with van der Waals surface area (Å²) < 4.78 is 13.0. The number of hydrogen-bond acceptors (Lipinski definition) is 3. The van der Waals surface area contributed by atoms with E-state index in [1.165, 1.54) is 19.0 Å². The fourth-order valence-electron chi connectivity index (χ4n) is 2.29. The predicted octanol–water partition coefficient (Wildman–Crippen LogP) is 1.81. The lowest BCUT2D eigenvalue weighted by Crippen LogP contribution is -2.37. The molecule has 0 aromatic carbocycles. The predicted molar refractivity (Wildman–Crippen MR) is 68.5 cm³/mol. The molecule has 1 aromatic rings. The van der Waals surface area contributed by atoms with Crippen molar-refractivity contribution in [3.8, 4) is 0 Å². The smallest absolute Gasteiger partial charge is 0.141 e. The highest BCUT2D eigenvalue weighted by Gasteiger charge is 2.18. The molecule has 2 N–H and O–H groups in total. The van der Waals surface area contributed by atoms with Crippen molar-refractivity contribution in [2.24, 2.45) is 11.7 Å². The molecule has 2 rings (SSSR count). The molecule has 17 heavy (non-hydrogen) atoms. The van der Waals surface area contributed by atoms with Gasteiger partial charge in [0, 0.05) is 19.3 Å². The average Bonchev–Trinajstić information content (AvgIpc) is 2.29. The molecule has 0 amide bonds. The van der Waals surface area contributed by atoms with E-state index in [1.807, 2.05) is 0 Å². The largest absolute Gasteiger partial charge is 0.330 e. The van der Waals surface area contributed by atoms with E-state index >= 15 is 0 Å². The zero-order valence-electron chi connectivity index (χ0n) is 9.81. The summed E-state index contributed by atoms with van der Waals surface area (Å²) in [5.41, 5.74) is 6.63. The van der Waals surface area contributed by atoms with Crippen molar-refractivity contribution in [1.29, 1.82) is 0 Å². The van der Waals surface area contributed by atoms with Crippen molar-refractivity contribution >= 4 is 12.4 Å². The number of aromatic nitrogens is 1. The van der Waals surface area contributed by atoms with E-state index in [2.05, 4.69) is 9.88 Å². The van der Waals surface area contributed by atoms with Crippen molar-refractivity contribution in [3.05, 3.63) is 29.8 Å². The minimum absolute atomic E-state index is 0. The van der Waals surface area contributed by atoms with Crippen LogP contribution in [0.15, 0.2) is 18.5 Å². The molecule has 1 fully saturated rings. The SMILES string of the molecule is Cl.NCC1CCCN(Cc2cncc(F)c2)C1. The topological polar surface area (TPSA) is 42.1 Å². The average molecular weight is 260 g/mol. The number of rotatable bonds is 3. The fraction of sp³-hybridized carbons (Fsp3) is 0.583. The second-order valence-electron chi connectivity index (χ2n) is 4.49. The maximum atomic E-state index is 13.0. The molecule has 1 aromatic heterocycles. The molecule has 0 radical (unpaired) electrons. The standard InChI is InChI=1S/C12H18FN3.ClH/c13-12-4-11(6-15-7-12)9-16-3-1-2-10(5-14)8-16;/h4,6-7,10H,1-3,5,8-9,14H2;1H. The Labute approximate surface area is 108 Å². The lowest BCUT2D eigenvalue weighted by molar-refractivity contribution is 0.170. The van der Waals surface area contributed by atoms with E-state index in [4.69, 9.17) is 5.73 Å². The first-order chi connectivity index (χ1) is 7.78. The molecule has 1 aliphatic rings. The molecule has 1 aliphatic heterocycles. The molecule has 1 unspecified atom stereocenters. The first kappa shape index (κ1) is 14.4. The van der Waals surface area contributed by atoms with Gasteiger partial charge in [-0.05, 0) is 43.5 Å². The molecule has 0 saturated carbocycles. The Balaban J connectivity index is 0.00000144. The molecule has 1 atom stereocenters. The minimum atomic E-state index is -0.259. The monoisotopic (exact) mass is 259 g/mol. The summed E-state index contributed by atoms with van der Waals surface area (Å²) in [6.07, 6.45) is 5.37. The number of nitrogens with two attached hydrogens (primary N) is 1. The normalized spacial score (nSPS) is 20.9. The Bertz CT molecular complexity index is 348. The van der Waals surface area contributed by atoms with E-state index in [9.17, 15) is 4.39 Å². The van der Waals surface area contributed by atoms with Crippen LogP contribution in [-0.4, -0.2) is 29.5 Å². The Morgan fingerprint density at radius 1 is 1.47 bits per heavy atom. The van der Waals surface area contributed by atoms with Gasteiger partial charge in [0.1, 0.15) is 5.82 Å². The van der Waals surface area contributed by atoms with Crippen molar-refractivity contribution in [3.63, 3.8) is 0 Å². The quantitative estimate of drug-likeness (QED) is 0.900. The zero-order chi connectivity index (χ0) is 11.4. The van der Waals surface area contributed by atoms with Crippen LogP contribution in [-0.2, 0) is 6.54 Å². The summed E-state index contributed by atoms with van der Waals surface area (Å²) in [5, 5.41) is 0. The molecule has 2 heterocycles. The third-order valence-corrected chi connectivity index (χ3v) is 3.10. The van der Waals surface area contributed by atoms with Gasteiger partial charge in [-0.2, -0.15) is 0 Å². The molecule has 0 bridgehead atoms. The van der Waals surface area contributed by atoms with Crippen LogP contribution in [0.25, 0.3) is 0 Å². The van der Waals surface area contributed by atoms with E-state index in [1.54, 1.807) is 12.3 Å². The van der Waals surface area contributed by atoms with Gasteiger partial charge in [0.2, 0.25) is 0 Å². The van der Waals surface area contributed by atoms with Crippen LogP contribution in [0.3, 0.4) is 0 Å². The van der Waals surface area contributed by atoms with Crippen molar-refractivity contribution in [2.75, 3.05) is 19.6 Å². The summed E-state index contributed by atoms with van der Waals surface area (Å²) in [4.78, 5) is 6.19. The van der Waals surface area contributed by atoms with Gasteiger partial charge < -0.3 is 5.73 Å². The fourth-order valence-corrected chi connectivity index (χ4v) is 2.29. The third kappa shape index (κ3) is 4.22. The van der Waals surface area contributed by atoms with Gasteiger partial charge >= 0.3 is 0 Å². The van der Waals surface area contributed by atoms with Gasteiger partial charge in [-0.25, -0.2) is 4.39 Å². The molecule has 0 aliphatic carbocycles. The molecule has 3 nitrogen and oxygen atoms in total. The lowest BCUT2D eigenvalue weighted by atomic mass is 9.98. The molecular weight excluding hydrogens is 241 g/mol. The van der Waals surface area contributed by atoms with E-state index < -0.39 is 0 Å². The van der Waals surface area contributed by atoms with E-state index in [0.29, 0.717) is 5.92 Å². The molecule has 96 valence electrons. The van der Waals surface area contributed by atoms with Crippen LogP contribution in [0.5, 0.6) is 0 Å². The lowest BCUT2D eigenvalue weighted by Gasteiger charge is -2.31. The number of hydrogen-bond donors (Lipinski definition) is 1. The molecular formula is C12H19ClFN3. The van der Waals surface area contributed by atoms with Crippen molar-refractivity contribution in [2.45, 2.75) is 19.4 Å². The first-order valence-corrected chi connectivity index (χ1v) is 5.80. The molecule has 0 spiro atoms. The third-order valence-electron chi connectivity index (χ3n) is 3.10. The number of pyridine rings is 1. The van der Waals surface area contributed by atoms with E-state index in [0.717, 1.165) is 31.7 Å². The van der Waals surface area contributed by atoms with Crippen LogP contribution in [0.2, 0.25) is 0 Å².